The maximum atomic E-state index is 9.42. The van der Waals surface area contributed by atoms with Gasteiger partial charge in [0.1, 0.15) is 16.0 Å². The standard InChI is InChI=1S/C15H23BrN2O3.ClH/c1-20-13-9-11(10-14(21-2)15(13)16)12(3-8-19)18-6-4-17-5-7-18;/h9-10,12,17,19H,3-8H2,1-2H3;1H/t12-;/m1./s1. The predicted molar refractivity (Wildman–Crippen MR) is 93.4 cm³/mol. The van der Waals surface area contributed by atoms with E-state index in [1.807, 2.05) is 12.1 Å². The third-order valence-corrected chi connectivity index (χ3v) is 4.63. The molecule has 1 saturated heterocycles. The number of methoxy groups -OCH3 is 2. The molecule has 0 bridgehead atoms. The molecule has 0 radical (unpaired) electrons. The maximum Gasteiger partial charge on any atom is 0.137 e. The summed E-state index contributed by atoms with van der Waals surface area (Å²) in [6, 6.07) is 4.22. The monoisotopic (exact) mass is 394 g/mol. The van der Waals surface area contributed by atoms with E-state index in [4.69, 9.17) is 9.47 Å². The highest BCUT2D eigenvalue weighted by atomic mass is 79.9. The molecule has 2 N–H and O–H groups in total. The smallest absolute Gasteiger partial charge is 0.137 e. The first-order valence-electron chi connectivity index (χ1n) is 7.18. The van der Waals surface area contributed by atoms with Crippen LogP contribution in [0.3, 0.4) is 0 Å². The lowest BCUT2D eigenvalue weighted by molar-refractivity contribution is 0.140. The van der Waals surface area contributed by atoms with E-state index in [9.17, 15) is 5.11 Å². The van der Waals surface area contributed by atoms with Crippen LogP contribution in [0.4, 0.5) is 0 Å². The lowest BCUT2D eigenvalue weighted by atomic mass is 10.0. The van der Waals surface area contributed by atoms with Crippen molar-refractivity contribution in [2.75, 3.05) is 47.0 Å². The van der Waals surface area contributed by atoms with Crippen molar-refractivity contribution in [3.8, 4) is 11.5 Å². The molecule has 0 unspecified atom stereocenters. The molecular weight excluding hydrogens is 372 g/mol. The molecule has 7 heteroatoms. The molecule has 5 nitrogen and oxygen atoms in total. The maximum absolute atomic E-state index is 9.42. The molecule has 1 heterocycles. The number of halogens is 2. The fourth-order valence-corrected chi connectivity index (χ4v) is 3.31. The van der Waals surface area contributed by atoms with Crippen LogP contribution in [0.25, 0.3) is 0 Å². The Hall–Kier alpha value is -0.530. The Morgan fingerprint density at radius 3 is 2.23 bits per heavy atom. The van der Waals surface area contributed by atoms with Crippen molar-refractivity contribution >= 4 is 28.3 Å². The topological polar surface area (TPSA) is 54.0 Å². The van der Waals surface area contributed by atoms with Crippen LogP contribution >= 0.6 is 28.3 Å². The third-order valence-electron chi connectivity index (χ3n) is 3.85. The molecule has 1 aliphatic heterocycles. The van der Waals surface area contributed by atoms with Crippen LogP contribution in [-0.2, 0) is 0 Å². The van der Waals surface area contributed by atoms with Gasteiger partial charge in [-0.1, -0.05) is 0 Å². The van der Waals surface area contributed by atoms with E-state index < -0.39 is 0 Å². The first-order valence-corrected chi connectivity index (χ1v) is 7.97. The summed E-state index contributed by atoms with van der Waals surface area (Å²) >= 11 is 3.50. The minimum absolute atomic E-state index is 0. The van der Waals surface area contributed by atoms with Gasteiger partial charge < -0.3 is 19.9 Å². The molecule has 126 valence electrons. The molecule has 1 aliphatic rings. The predicted octanol–water partition coefficient (Wildman–Crippen LogP) is 2.22. The van der Waals surface area contributed by atoms with Gasteiger partial charge in [-0.25, -0.2) is 0 Å². The molecule has 0 spiro atoms. The number of nitrogens with one attached hydrogen (secondary N) is 1. The summed E-state index contributed by atoms with van der Waals surface area (Å²) in [5.41, 5.74) is 1.11. The quantitative estimate of drug-likeness (QED) is 0.773. The van der Waals surface area contributed by atoms with Gasteiger partial charge in [-0.15, -0.1) is 12.4 Å². The summed E-state index contributed by atoms with van der Waals surface area (Å²) in [5, 5.41) is 12.8. The second-order valence-corrected chi connectivity index (χ2v) is 5.85. The number of hydrogen-bond donors (Lipinski definition) is 2. The van der Waals surface area contributed by atoms with E-state index in [1.165, 1.54) is 0 Å². The van der Waals surface area contributed by atoms with Gasteiger partial charge in [0.2, 0.25) is 0 Å². The summed E-state index contributed by atoms with van der Waals surface area (Å²) in [7, 11) is 3.30. The van der Waals surface area contributed by atoms with Crippen molar-refractivity contribution < 1.29 is 14.6 Å². The molecule has 2 rings (SSSR count). The van der Waals surface area contributed by atoms with E-state index in [0.717, 1.165) is 47.7 Å². The van der Waals surface area contributed by atoms with E-state index >= 15 is 0 Å². The van der Waals surface area contributed by atoms with E-state index in [1.54, 1.807) is 14.2 Å². The number of piperazine rings is 1. The normalized spacial score (nSPS) is 16.7. The van der Waals surface area contributed by atoms with Crippen LogP contribution in [0.2, 0.25) is 0 Å². The highest BCUT2D eigenvalue weighted by Gasteiger charge is 2.24. The van der Waals surface area contributed by atoms with Crippen LogP contribution in [0, 0.1) is 0 Å². The van der Waals surface area contributed by atoms with Crippen molar-refractivity contribution in [2.45, 2.75) is 12.5 Å². The number of nitrogens with zero attached hydrogens (tertiary/aromatic N) is 1. The first kappa shape index (κ1) is 19.5. The molecule has 0 aliphatic carbocycles. The Morgan fingerprint density at radius 1 is 1.23 bits per heavy atom. The zero-order valence-corrected chi connectivity index (χ0v) is 15.4. The van der Waals surface area contributed by atoms with Gasteiger partial charge in [-0.05, 0) is 40.0 Å². The van der Waals surface area contributed by atoms with Gasteiger partial charge in [0.25, 0.3) is 0 Å². The summed E-state index contributed by atoms with van der Waals surface area (Å²) in [6.07, 6.45) is 0.702. The van der Waals surface area contributed by atoms with E-state index in [0.29, 0.717) is 6.42 Å². The largest absolute Gasteiger partial charge is 0.495 e. The van der Waals surface area contributed by atoms with Gasteiger partial charge in [0.15, 0.2) is 0 Å². The zero-order chi connectivity index (χ0) is 15.2. The highest BCUT2D eigenvalue weighted by molar-refractivity contribution is 9.10. The molecular formula is C15H24BrClN2O3. The number of ether oxygens (including phenoxy) is 2. The number of benzene rings is 1. The Labute approximate surface area is 146 Å². The van der Waals surface area contributed by atoms with Crippen molar-refractivity contribution in [1.82, 2.24) is 10.2 Å². The van der Waals surface area contributed by atoms with Crippen LogP contribution in [-0.4, -0.2) is 57.0 Å². The average Bonchev–Trinajstić information content (AvgIpc) is 2.54. The molecule has 22 heavy (non-hydrogen) atoms. The summed E-state index contributed by atoms with van der Waals surface area (Å²) in [4.78, 5) is 2.40. The molecule has 0 saturated carbocycles. The SMILES string of the molecule is COc1cc([C@@H](CCO)N2CCNCC2)cc(OC)c1Br.Cl. The van der Waals surface area contributed by atoms with Gasteiger partial charge >= 0.3 is 0 Å². The van der Waals surface area contributed by atoms with Crippen LogP contribution in [0.1, 0.15) is 18.0 Å². The van der Waals surface area contributed by atoms with Crippen molar-refractivity contribution in [2.24, 2.45) is 0 Å². The van der Waals surface area contributed by atoms with Crippen molar-refractivity contribution in [3.63, 3.8) is 0 Å². The first-order chi connectivity index (χ1) is 10.2. The third kappa shape index (κ3) is 4.49. The second kappa shape index (κ2) is 9.57. The fourth-order valence-electron chi connectivity index (χ4n) is 2.76. The van der Waals surface area contributed by atoms with Crippen LogP contribution < -0.4 is 14.8 Å². The minimum atomic E-state index is 0. The van der Waals surface area contributed by atoms with E-state index in [-0.39, 0.29) is 25.1 Å². The highest BCUT2D eigenvalue weighted by Crippen LogP contribution is 2.39. The van der Waals surface area contributed by atoms with Crippen LogP contribution in [0.15, 0.2) is 16.6 Å². The molecule has 0 aromatic heterocycles. The van der Waals surface area contributed by atoms with Gasteiger partial charge in [-0.3, -0.25) is 4.90 Å². The Bertz CT molecular complexity index is 445. The van der Waals surface area contributed by atoms with Gasteiger partial charge in [0.05, 0.1) is 14.2 Å². The molecule has 0 amide bonds. The second-order valence-electron chi connectivity index (χ2n) is 5.05. The van der Waals surface area contributed by atoms with Crippen molar-refractivity contribution in [1.29, 1.82) is 0 Å². The molecule has 1 aromatic carbocycles. The van der Waals surface area contributed by atoms with Gasteiger partial charge in [-0.2, -0.15) is 0 Å². The lowest BCUT2D eigenvalue weighted by Crippen LogP contribution is -2.45. The Balaban J connectivity index is 0.00000242. The fraction of sp³-hybridized carbons (Fsp3) is 0.600. The summed E-state index contributed by atoms with van der Waals surface area (Å²) in [5.74, 6) is 1.50. The van der Waals surface area contributed by atoms with Crippen LogP contribution in [0.5, 0.6) is 11.5 Å². The Kier molecular flexibility index (Phi) is 8.49. The minimum Gasteiger partial charge on any atom is -0.495 e. The van der Waals surface area contributed by atoms with E-state index in [2.05, 4.69) is 26.1 Å². The van der Waals surface area contributed by atoms with Crippen molar-refractivity contribution in [3.05, 3.63) is 22.2 Å². The number of aliphatic hydroxyl groups excluding tert-OH is 1. The number of rotatable bonds is 6. The molecule has 1 fully saturated rings. The Morgan fingerprint density at radius 2 is 1.77 bits per heavy atom. The summed E-state index contributed by atoms with van der Waals surface area (Å²) in [6.45, 7) is 4.07. The number of aliphatic hydroxyl groups is 1. The lowest BCUT2D eigenvalue weighted by Gasteiger charge is -2.35. The zero-order valence-electron chi connectivity index (χ0n) is 13.0. The summed E-state index contributed by atoms with van der Waals surface area (Å²) < 4.78 is 11.7. The average molecular weight is 396 g/mol. The van der Waals surface area contributed by atoms with Gasteiger partial charge in [0, 0.05) is 38.8 Å². The number of hydrogen-bond acceptors (Lipinski definition) is 5. The molecule has 1 atom stereocenters. The molecule has 1 aromatic rings.